The summed E-state index contributed by atoms with van der Waals surface area (Å²) in [7, 11) is 0. The van der Waals surface area contributed by atoms with Crippen LogP contribution in [0.3, 0.4) is 0 Å². The maximum absolute atomic E-state index is 13.3. The van der Waals surface area contributed by atoms with Crippen LogP contribution in [-0.2, 0) is 9.53 Å². The summed E-state index contributed by atoms with van der Waals surface area (Å²) in [6.07, 6.45) is -0.229. The average molecular weight is 244 g/mol. The van der Waals surface area contributed by atoms with Crippen LogP contribution in [0.25, 0.3) is 0 Å². The number of hydrogen-bond acceptors (Lipinski definition) is 4. The molecule has 0 aliphatic carbocycles. The van der Waals surface area contributed by atoms with Crippen molar-refractivity contribution in [2.24, 2.45) is 0 Å². The lowest BCUT2D eigenvalue weighted by Gasteiger charge is -2.12. The third-order valence-electron chi connectivity index (χ3n) is 1.77. The SMILES string of the molecule is CCOC(=O)C(F)Oc1ccccc1SC. The first-order chi connectivity index (χ1) is 7.69. The van der Waals surface area contributed by atoms with Crippen LogP contribution in [0.5, 0.6) is 5.75 Å². The Labute approximate surface area is 97.9 Å². The lowest BCUT2D eigenvalue weighted by atomic mass is 10.3. The van der Waals surface area contributed by atoms with E-state index in [0.29, 0.717) is 5.75 Å². The van der Waals surface area contributed by atoms with Gasteiger partial charge in [0, 0.05) is 4.90 Å². The van der Waals surface area contributed by atoms with E-state index in [1.54, 1.807) is 25.1 Å². The van der Waals surface area contributed by atoms with Gasteiger partial charge in [-0.3, -0.25) is 0 Å². The molecule has 0 amide bonds. The van der Waals surface area contributed by atoms with Crippen molar-refractivity contribution in [2.75, 3.05) is 12.9 Å². The van der Waals surface area contributed by atoms with Crippen molar-refractivity contribution < 1.29 is 18.7 Å². The second kappa shape index (κ2) is 6.37. The maximum atomic E-state index is 13.3. The first-order valence-electron chi connectivity index (χ1n) is 4.79. The topological polar surface area (TPSA) is 35.5 Å². The van der Waals surface area contributed by atoms with E-state index in [-0.39, 0.29) is 6.61 Å². The molecule has 1 unspecified atom stereocenters. The second-order valence-corrected chi connectivity index (χ2v) is 3.68. The minimum absolute atomic E-state index is 0.132. The number of thioether (sulfide) groups is 1. The van der Waals surface area contributed by atoms with E-state index in [4.69, 9.17) is 4.74 Å². The van der Waals surface area contributed by atoms with Gasteiger partial charge >= 0.3 is 12.3 Å². The molecule has 0 fully saturated rings. The van der Waals surface area contributed by atoms with E-state index in [2.05, 4.69) is 4.74 Å². The molecule has 1 aromatic carbocycles. The number of para-hydroxylation sites is 1. The molecule has 1 atom stereocenters. The van der Waals surface area contributed by atoms with Gasteiger partial charge in [0.25, 0.3) is 0 Å². The summed E-state index contributed by atoms with van der Waals surface area (Å²) in [6, 6.07) is 6.93. The van der Waals surface area contributed by atoms with Crippen LogP contribution in [0.2, 0.25) is 0 Å². The van der Waals surface area contributed by atoms with Crippen LogP contribution in [0.1, 0.15) is 6.92 Å². The molecule has 3 nitrogen and oxygen atoms in total. The van der Waals surface area contributed by atoms with Crippen LogP contribution in [-0.4, -0.2) is 25.2 Å². The summed E-state index contributed by atoms with van der Waals surface area (Å²) in [5.74, 6) is -0.658. The fourth-order valence-corrected chi connectivity index (χ4v) is 1.62. The average Bonchev–Trinajstić information content (AvgIpc) is 2.30. The molecule has 0 aliphatic rings. The number of hydrogen-bond donors (Lipinski definition) is 0. The van der Waals surface area contributed by atoms with Crippen LogP contribution >= 0.6 is 11.8 Å². The normalized spacial score (nSPS) is 11.9. The fraction of sp³-hybridized carbons (Fsp3) is 0.364. The van der Waals surface area contributed by atoms with E-state index in [9.17, 15) is 9.18 Å². The Morgan fingerprint density at radius 3 is 2.81 bits per heavy atom. The monoisotopic (exact) mass is 244 g/mol. The Balaban J connectivity index is 2.68. The zero-order chi connectivity index (χ0) is 12.0. The molecule has 16 heavy (non-hydrogen) atoms. The van der Waals surface area contributed by atoms with Gasteiger partial charge in [-0.25, -0.2) is 4.79 Å². The number of halogens is 1. The van der Waals surface area contributed by atoms with Gasteiger partial charge in [-0.2, -0.15) is 4.39 Å². The predicted octanol–water partition coefficient (Wildman–Crippen LogP) is 2.65. The van der Waals surface area contributed by atoms with Crippen molar-refractivity contribution >= 4 is 17.7 Å². The minimum atomic E-state index is -2.08. The molecular formula is C11H13FO3S. The molecule has 1 aromatic rings. The highest BCUT2D eigenvalue weighted by Crippen LogP contribution is 2.27. The summed E-state index contributed by atoms with van der Waals surface area (Å²) in [6.45, 7) is 1.74. The Morgan fingerprint density at radius 1 is 1.50 bits per heavy atom. The van der Waals surface area contributed by atoms with E-state index < -0.39 is 12.3 Å². The van der Waals surface area contributed by atoms with Crippen molar-refractivity contribution in [1.29, 1.82) is 0 Å². The number of benzene rings is 1. The Hall–Kier alpha value is -1.23. The van der Waals surface area contributed by atoms with E-state index >= 15 is 0 Å². The van der Waals surface area contributed by atoms with Gasteiger partial charge in [0.15, 0.2) is 0 Å². The molecule has 5 heteroatoms. The van der Waals surface area contributed by atoms with Crippen LogP contribution in [0, 0.1) is 0 Å². The van der Waals surface area contributed by atoms with E-state index in [1.165, 1.54) is 11.8 Å². The molecular weight excluding hydrogens is 231 g/mol. The second-order valence-electron chi connectivity index (χ2n) is 2.84. The number of ether oxygens (including phenoxy) is 2. The number of rotatable bonds is 5. The predicted molar refractivity (Wildman–Crippen MR) is 60.4 cm³/mol. The smallest absolute Gasteiger partial charge is 0.381 e. The molecule has 0 heterocycles. The molecule has 0 radical (unpaired) electrons. The minimum Gasteiger partial charge on any atom is -0.461 e. The molecule has 0 aliphatic heterocycles. The Kier molecular flexibility index (Phi) is 5.11. The standard InChI is InChI=1S/C11H13FO3S/c1-3-14-11(13)10(12)15-8-6-4-5-7-9(8)16-2/h4-7,10H,3H2,1-2H3. The summed E-state index contributed by atoms with van der Waals surface area (Å²) in [4.78, 5) is 11.8. The molecule has 0 aromatic heterocycles. The molecule has 0 saturated carbocycles. The third-order valence-corrected chi connectivity index (χ3v) is 2.55. The zero-order valence-electron chi connectivity index (χ0n) is 9.10. The summed E-state index contributed by atoms with van der Waals surface area (Å²) < 4.78 is 22.7. The first kappa shape index (κ1) is 12.8. The van der Waals surface area contributed by atoms with Crippen LogP contribution < -0.4 is 4.74 Å². The van der Waals surface area contributed by atoms with Crippen molar-refractivity contribution in [1.82, 2.24) is 0 Å². The lowest BCUT2D eigenvalue weighted by molar-refractivity contribution is -0.160. The maximum Gasteiger partial charge on any atom is 0.381 e. The fourth-order valence-electron chi connectivity index (χ4n) is 1.08. The Morgan fingerprint density at radius 2 is 2.19 bits per heavy atom. The summed E-state index contributed by atoms with van der Waals surface area (Å²) >= 11 is 1.42. The lowest BCUT2D eigenvalue weighted by Crippen LogP contribution is -2.24. The quantitative estimate of drug-likeness (QED) is 0.589. The molecule has 0 spiro atoms. The number of alkyl halides is 1. The molecule has 0 N–H and O–H groups in total. The molecule has 88 valence electrons. The summed E-state index contributed by atoms with van der Waals surface area (Å²) in [5.41, 5.74) is 0. The highest BCUT2D eigenvalue weighted by molar-refractivity contribution is 7.98. The number of carbonyl (C=O) groups is 1. The molecule has 0 saturated heterocycles. The van der Waals surface area contributed by atoms with Crippen molar-refractivity contribution in [3.63, 3.8) is 0 Å². The third kappa shape index (κ3) is 3.41. The van der Waals surface area contributed by atoms with Crippen molar-refractivity contribution in [2.45, 2.75) is 18.2 Å². The Bertz CT molecular complexity index is 357. The van der Waals surface area contributed by atoms with E-state index in [0.717, 1.165) is 4.90 Å². The van der Waals surface area contributed by atoms with Gasteiger partial charge in [0.1, 0.15) is 5.75 Å². The summed E-state index contributed by atoms with van der Waals surface area (Å²) in [5, 5.41) is 0. The van der Waals surface area contributed by atoms with Gasteiger partial charge in [-0.1, -0.05) is 12.1 Å². The molecule has 1 rings (SSSR count). The van der Waals surface area contributed by atoms with Gasteiger partial charge in [0.05, 0.1) is 6.61 Å². The number of esters is 1. The van der Waals surface area contributed by atoms with Gasteiger partial charge in [0.2, 0.25) is 0 Å². The zero-order valence-corrected chi connectivity index (χ0v) is 9.92. The molecule has 0 bridgehead atoms. The van der Waals surface area contributed by atoms with Crippen LogP contribution in [0.15, 0.2) is 29.2 Å². The van der Waals surface area contributed by atoms with E-state index in [1.807, 2.05) is 12.3 Å². The van der Waals surface area contributed by atoms with Gasteiger partial charge in [-0.05, 0) is 25.3 Å². The highest BCUT2D eigenvalue weighted by Gasteiger charge is 2.21. The first-order valence-corrected chi connectivity index (χ1v) is 6.02. The van der Waals surface area contributed by atoms with Crippen LogP contribution in [0.4, 0.5) is 4.39 Å². The highest BCUT2D eigenvalue weighted by atomic mass is 32.2. The largest absolute Gasteiger partial charge is 0.461 e. The van der Waals surface area contributed by atoms with Crippen molar-refractivity contribution in [3.05, 3.63) is 24.3 Å². The van der Waals surface area contributed by atoms with Gasteiger partial charge < -0.3 is 9.47 Å². The number of carbonyl (C=O) groups excluding carboxylic acids is 1. The van der Waals surface area contributed by atoms with Crippen molar-refractivity contribution in [3.8, 4) is 5.75 Å². The van der Waals surface area contributed by atoms with Gasteiger partial charge in [-0.15, -0.1) is 11.8 Å².